The molecule has 0 amide bonds. The Kier molecular flexibility index (Phi) is 4.79. The van der Waals surface area contributed by atoms with Crippen molar-refractivity contribution >= 4 is 17.7 Å². The van der Waals surface area contributed by atoms with E-state index in [1.807, 2.05) is 31.4 Å². The minimum atomic E-state index is -0.318. The fraction of sp³-hybridized carbons (Fsp3) is 0.250. The number of ether oxygens (including phenoxy) is 1. The van der Waals surface area contributed by atoms with Gasteiger partial charge in [0.1, 0.15) is 0 Å². The summed E-state index contributed by atoms with van der Waals surface area (Å²) in [6, 6.07) is 11.8. The number of hydrogen-bond donors (Lipinski definition) is 0. The summed E-state index contributed by atoms with van der Waals surface area (Å²) in [7, 11) is 0. The Hall–Kier alpha value is -1.81. The molecule has 1 aromatic heterocycles. The number of hydrogen-bond acceptors (Lipinski definition) is 4. The zero-order chi connectivity index (χ0) is 14.5. The zero-order valence-electron chi connectivity index (χ0n) is 11.8. The standard InChI is InChI=1S/C16H17NO2S/c1-4-19-16(18)14-9-10-15(17-11(14)2)12-5-7-13(20-3)8-6-12/h5-10H,4H2,1-3H3. The normalized spacial score (nSPS) is 10.3. The smallest absolute Gasteiger partial charge is 0.339 e. The lowest BCUT2D eigenvalue weighted by Crippen LogP contribution is -2.08. The van der Waals surface area contributed by atoms with Crippen LogP contribution in [0.5, 0.6) is 0 Å². The van der Waals surface area contributed by atoms with E-state index >= 15 is 0 Å². The van der Waals surface area contributed by atoms with E-state index in [-0.39, 0.29) is 5.97 Å². The first-order valence-corrected chi connectivity index (χ1v) is 7.67. The molecule has 1 heterocycles. The van der Waals surface area contributed by atoms with Crippen molar-refractivity contribution in [3.63, 3.8) is 0 Å². The average molecular weight is 287 g/mol. The number of benzene rings is 1. The fourth-order valence-electron chi connectivity index (χ4n) is 1.91. The predicted octanol–water partition coefficient (Wildman–Crippen LogP) is 3.96. The van der Waals surface area contributed by atoms with Crippen LogP contribution in [-0.4, -0.2) is 23.8 Å². The van der Waals surface area contributed by atoms with Gasteiger partial charge in [-0.05, 0) is 44.4 Å². The quantitative estimate of drug-likeness (QED) is 0.630. The lowest BCUT2D eigenvalue weighted by Gasteiger charge is -2.07. The Labute approximate surface area is 123 Å². The van der Waals surface area contributed by atoms with Gasteiger partial charge in [-0.1, -0.05) is 12.1 Å². The third-order valence-corrected chi connectivity index (χ3v) is 3.71. The molecule has 3 nitrogen and oxygen atoms in total. The van der Waals surface area contributed by atoms with Crippen molar-refractivity contribution in [2.75, 3.05) is 12.9 Å². The Morgan fingerprint density at radius 3 is 2.45 bits per heavy atom. The molecule has 0 spiro atoms. The molecule has 2 aromatic rings. The first-order valence-electron chi connectivity index (χ1n) is 6.45. The van der Waals surface area contributed by atoms with Crippen LogP contribution in [0.4, 0.5) is 0 Å². The number of pyridine rings is 1. The summed E-state index contributed by atoms with van der Waals surface area (Å²) < 4.78 is 5.00. The van der Waals surface area contributed by atoms with E-state index in [0.717, 1.165) is 11.3 Å². The second kappa shape index (κ2) is 6.57. The lowest BCUT2D eigenvalue weighted by molar-refractivity contribution is 0.0525. The number of nitrogens with zero attached hydrogens (tertiary/aromatic N) is 1. The maximum absolute atomic E-state index is 11.7. The summed E-state index contributed by atoms with van der Waals surface area (Å²) in [6.07, 6.45) is 2.05. The van der Waals surface area contributed by atoms with Crippen LogP contribution in [0, 0.1) is 6.92 Å². The molecule has 0 fully saturated rings. The number of carbonyl (C=O) groups is 1. The highest BCUT2D eigenvalue weighted by molar-refractivity contribution is 7.98. The zero-order valence-corrected chi connectivity index (χ0v) is 12.7. The molecule has 0 aliphatic heterocycles. The summed E-state index contributed by atoms with van der Waals surface area (Å²) in [5.41, 5.74) is 3.12. The molecule has 0 saturated heterocycles. The molecule has 0 aliphatic carbocycles. The van der Waals surface area contributed by atoms with E-state index in [1.54, 1.807) is 24.8 Å². The van der Waals surface area contributed by atoms with E-state index in [1.165, 1.54) is 4.90 Å². The lowest BCUT2D eigenvalue weighted by atomic mass is 10.1. The van der Waals surface area contributed by atoms with Gasteiger partial charge in [-0.3, -0.25) is 4.98 Å². The van der Waals surface area contributed by atoms with Crippen molar-refractivity contribution in [3.8, 4) is 11.3 Å². The molecule has 4 heteroatoms. The molecule has 0 bridgehead atoms. The molecule has 0 N–H and O–H groups in total. The number of rotatable bonds is 4. The summed E-state index contributed by atoms with van der Waals surface area (Å²) >= 11 is 1.71. The van der Waals surface area contributed by atoms with Gasteiger partial charge in [-0.25, -0.2) is 4.79 Å². The van der Waals surface area contributed by atoms with Crippen LogP contribution in [0.2, 0.25) is 0 Å². The van der Waals surface area contributed by atoms with Crippen LogP contribution >= 0.6 is 11.8 Å². The number of aryl methyl sites for hydroxylation is 1. The summed E-state index contributed by atoms with van der Waals surface area (Å²) in [4.78, 5) is 17.4. The number of carbonyl (C=O) groups excluding carboxylic acids is 1. The monoisotopic (exact) mass is 287 g/mol. The Morgan fingerprint density at radius 1 is 1.20 bits per heavy atom. The molecule has 0 saturated carbocycles. The van der Waals surface area contributed by atoms with E-state index in [0.29, 0.717) is 17.9 Å². The molecule has 0 atom stereocenters. The van der Waals surface area contributed by atoms with E-state index < -0.39 is 0 Å². The molecule has 104 valence electrons. The summed E-state index contributed by atoms with van der Waals surface area (Å²) in [6.45, 7) is 3.99. The summed E-state index contributed by atoms with van der Waals surface area (Å²) in [5, 5.41) is 0. The molecular weight excluding hydrogens is 270 g/mol. The Bertz CT molecular complexity index is 608. The average Bonchev–Trinajstić information content (AvgIpc) is 2.47. The second-order valence-corrected chi connectivity index (χ2v) is 5.16. The van der Waals surface area contributed by atoms with E-state index in [4.69, 9.17) is 4.74 Å². The molecule has 0 unspecified atom stereocenters. The summed E-state index contributed by atoms with van der Waals surface area (Å²) in [5.74, 6) is -0.318. The fourth-order valence-corrected chi connectivity index (χ4v) is 2.32. The van der Waals surface area contributed by atoms with Crippen LogP contribution < -0.4 is 0 Å². The van der Waals surface area contributed by atoms with Gasteiger partial charge in [-0.15, -0.1) is 11.8 Å². The third-order valence-electron chi connectivity index (χ3n) is 2.97. The first kappa shape index (κ1) is 14.6. The number of esters is 1. The van der Waals surface area contributed by atoms with Crippen molar-refractivity contribution in [3.05, 3.63) is 47.7 Å². The molecule has 20 heavy (non-hydrogen) atoms. The van der Waals surface area contributed by atoms with Gasteiger partial charge in [0, 0.05) is 10.5 Å². The Balaban J connectivity index is 2.30. The highest BCUT2D eigenvalue weighted by Gasteiger charge is 2.12. The highest BCUT2D eigenvalue weighted by Crippen LogP contribution is 2.22. The van der Waals surface area contributed by atoms with Crippen LogP contribution in [0.25, 0.3) is 11.3 Å². The van der Waals surface area contributed by atoms with Crippen LogP contribution in [0.1, 0.15) is 23.0 Å². The van der Waals surface area contributed by atoms with Crippen molar-refractivity contribution < 1.29 is 9.53 Å². The van der Waals surface area contributed by atoms with Gasteiger partial charge < -0.3 is 4.74 Å². The minimum Gasteiger partial charge on any atom is -0.462 e. The van der Waals surface area contributed by atoms with Gasteiger partial charge in [0.15, 0.2) is 0 Å². The maximum Gasteiger partial charge on any atom is 0.339 e. The largest absolute Gasteiger partial charge is 0.462 e. The van der Waals surface area contributed by atoms with Crippen LogP contribution in [0.15, 0.2) is 41.3 Å². The van der Waals surface area contributed by atoms with E-state index in [9.17, 15) is 4.79 Å². The molecule has 2 rings (SSSR count). The van der Waals surface area contributed by atoms with Crippen LogP contribution in [0.3, 0.4) is 0 Å². The second-order valence-electron chi connectivity index (χ2n) is 4.28. The van der Waals surface area contributed by atoms with Crippen molar-refractivity contribution in [2.24, 2.45) is 0 Å². The topological polar surface area (TPSA) is 39.2 Å². The van der Waals surface area contributed by atoms with Gasteiger partial charge in [0.25, 0.3) is 0 Å². The Morgan fingerprint density at radius 2 is 1.90 bits per heavy atom. The van der Waals surface area contributed by atoms with Gasteiger partial charge in [0.05, 0.1) is 23.6 Å². The highest BCUT2D eigenvalue weighted by atomic mass is 32.2. The van der Waals surface area contributed by atoms with E-state index in [2.05, 4.69) is 17.1 Å². The van der Waals surface area contributed by atoms with Crippen molar-refractivity contribution in [1.82, 2.24) is 4.98 Å². The molecule has 0 radical (unpaired) electrons. The SMILES string of the molecule is CCOC(=O)c1ccc(-c2ccc(SC)cc2)nc1C. The predicted molar refractivity (Wildman–Crippen MR) is 82.1 cm³/mol. The maximum atomic E-state index is 11.7. The third kappa shape index (κ3) is 3.20. The van der Waals surface area contributed by atoms with Crippen molar-refractivity contribution in [1.29, 1.82) is 0 Å². The van der Waals surface area contributed by atoms with Gasteiger partial charge in [0.2, 0.25) is 0 Å². The van der Waals surface area contributed by atoms with Crippen LogP contribution in [-0.2, 0) is 4.74 Å². The molecular formula is C16H17NO2S. The van der Waals surface area contributed by atoms with Gasteiger partial charge in [-0.2, -0.15) is 0 Å². The van der Waals surface area contributed by atoms with Crippen molar-refractivity contribution in [2.45, 2.75) is 18.7 Å². The van der Waals surface area contributed by atoms with Gasteiger partial charge >= 0.3 is 5.97 Å². The molecule has 0 aliphatic rings. The first-order chi connectivity index (χ1) is 9.65. The molecule has 1 aromatic carbocycles. The number of thioether (sulfide) groups is 1. The number of aromatic nitrogens is 1. The minimum absolute atomic E-state index is 0.318.